The average molecular weight is 409 g/mol. The van der Waals surface area contributed by atoms with E-state index in [-0.39, 0.29) is 18.6 Å². The van der Waals surface area contributed by atoms with E-state index in [0.717, 1.165) is 17.4 Å². The molecule has 2 bridgehead atoms. The van der Waals surface area contributed by atoms with E-state index in [2.05, 4.69) is 24.1 Å². The number of fused-ring (bicyclic) bond motifs is 2. The largest absolute Gasteiger partial charge is 0.485 e. The molecule has 1 aromatic carbocycles. The monoisotopic (exact) mass is 408 g/mol. The molecule has 1 heterocycles. The van der Waals surface area contributed by atoms with Crippen molar-refractivity contribution in [3.8, 4) is 5.75 Å². The molecule has 1 N–H and O–H groups in total. The van der Waals surface area contributed by atoms with Crippen LogP contribution in [0.25, 0.3) is 0 Å². The maximum Gasteiger partial charge on any atom is 0.251 e. The van der Waals surface area contributed by atoms with E-state index in [1.54, 1.807) is 12.3 Å². The van der Waals surface area contributed by atoms with Crippen LogP contribution >= 0.6 is 0 Å². The average Bonchev–Trinajstić information content (AvgIpc) is 2.73. The van der Waals surface area contributed by atoms with Crippen molar-refractivity contribution in [3.63, 3.8) is 0 Å². The van der Waals surface area contributed by atoms with E-state index in [1.807, 2.05) is 36.4 Å². The van der Waals surface area contributed by atoms with Crippen molar-refractivity contribution in [1.82, 2.24) is 4.98 Å². The molecule has 0 spiro atoms. The van der Waals surface area contributed by atoms with Crippen molar-refractivity contribution in [1.29, 1.82) is 0 Å². The first-order valence-corrected chi connectivity index (χ1v) is 11.1. The van der Waals surface area contributed by atoms with Crippen LogP contribution in [0.5, 0.6) is 5.75 Å². The molecule has 2 aromatic rings. The number of amides is 1. The van der Waals surface area contributed by atoms with Gasteiger partial charge < -0.3 is 14.8 Å². The third-order valence-electron chi connectivity index (χ3n) is 6.48. The fraction of sp³-hybridized carbons (Fsp3) is 0.520. The molecule has 2 fully saturated rings. The first kappa shape index (κ1) is 20.9. The number of hydrogen-bond donors (Lipinski definition) is 1. The Morgan fingerprint density at radius 1 is 1.07 bits per heavy atom. The fourth-order valence-electron chi connectivity index (χ4n) is 5.36. The van der Waals surface area contributed by atoms with E-state index in [4.69, 9.17) is 9.47 Å². The predicted octanol–water partition coefficient (Wildman–Crippen LogP) is 5.08. The van der Waals surface area contributed by atoms with Gasteiger partial charge in [0.25, 0.3) is 5.91 Å². The molecule has 4 rings (SSSR count). The van der Waals surface area contributed by atoms with Crippen LogP contribution in [0.4, 0.5) is 5.82 Å². The van der Waals surface area contributed by atoms with Crippen LogP contribution in [0.2, 0.25) is 0 Å². The van der Waals surface area contributed by atoms with Gasteiger partial charge in [-0.3, -0.25) is 4.79 Å². The van der Waals surface area contributed by atoms with Gasteiger partial charge in [0.15, 0.2) is 11.6 Å². The van der Waals surface area contributed by atoms with Crippen molar-refractivity contribution in [3.05, 3.63) is 54.2 Å². The zero-order valence-electron chi connectivity index (χ0n) is 17.9. The third kappa shape index (κ3) is 5.20. The second kappa shape index (κ2) is 9.61. The molecule has 0 radical (unpaired) electrons. The van der Waals surface area contributed by atoms with Gasteiger partial charge in [-0.25, -0.2) is 4.98 Å². The van der Waals surface area contributed by atoms with E-state index in [9.17, 15) is 4.79 Å². The molecule has 1 amide bonds. The summed E-state index contributed by atoms with van der Waals surface area (Å²) in [5, 5.41) is 2.87. The Hall–Kier alpha value is -2.40. The maximum atomic E-state index is 12.6. The molecule has 5 atom stereocenters. The SMILES string of the molecule is CC1CC2CC(C)C(OCC(=O)Nc3ncccc3OCc3ccccc3)C(C1)C2. The van der Waals surface area contributed by atoms with Crippen LogP contribution < -0.4 is 10.1 Å². The van der Waals surface area contributed by atoms with Gasteiger partial charge in [0.1, 0.15) is 13.2 Å². The minimum atomic E-state index is -0.184. The summed E-state index contributed by atoms with van der Waals surface area (Å²) in [6, 6.07) is 13.6. The highest BCUT2D eigenvalue weighted by atomic mass is 16.5. The molecule has 2 aliphatic carbocycles. The van der Waals surface area contributed by atoms with Gasteiger partial charge in [-0.1, -0.05) is 44.2 Å². The van der Waals surface area contributed by atoms with Gasteiger partial charge in [0, 0.05) is 6.20 Å². The summed E-state index contributed by atoms with van der Waals surface area (Å²) in [5.41, 5.74) is 1.06. The number of carbonyl (C=O) groups excluding carboxylic acids is 1. The summed E-state index contributed by atoms with van der Waals surface area (Å²) in [6.07, 6.45) is 6.85. The van der Waals surface area contributed by atoms with Crippen molar-refractivity contribution in [2.24, 2.45) is 23.7 Å². The Balaban J connectivity index is 1.32. The molecule has 160 valence electrons. The Labute approximate surface area is 179 Å². The molecule has 2 saturated carbocycles. The lowest BCUT2D eigenvalue weighted by atomic mass is 9.64. The van der Waals surface area contributed by atoms with E-state index in [1.165, 1.54) is 25.7 Å². The molecule has 0 saturated heterocycles. The minimum absolute atomic E-state index is 0.0548. The van der Waals surface area contributed by atoms with Crippen molar-refractivity contribution in [2.45, 2.75) is 52.2 Å². The molecular weight excluding hydrogens is 376 g/mol. The minimum Gasteiger partial charge on any atom is -0.485 e. The summed E-state index contributed by atoms with van der Waals surface area (Å²) in [6.45, 7) is 5.09. The zero-order chi connectivity index (χ0) is 20.9. The van der Waals surface area contributed by atoms with Crippen molar-refractivity contribution >= 4 is 11.7 Å². The number of pyridine rings is 1. The summed E-state index contributed by atoms with van der Waals surface area (Å²) >= 11 is 0. The van der Waals surface area contributed by atoms with Gasteiger partial charge in [-0.2, -0.15) is 0 Å². The number of anilines is 1. The highest BCUT2D eigenvalue weighted by Crippen LogP contribution is 2.45. The third-order valence-corrected chi connectivity index (χ3v) is 6.48. The molecular formula is C25H32N2O3. The van der Waals surface area contributed by atoms with Crippen molar-refractivity contribution in [2.75, 3.05) is 11.9 Å². The van der Waals surface area contributed by atoms with Crippen LogP contribution in [-0.2, 0) is 16.1 Å². The van der Waals surface area contributed by atoms with Crippen LogP contribution in [0, 0.1) is 23.7 Å². The van der Waals surface area contributed by atoms with Gasteiger partial charge in [-0.15, -0.1) is 0 Å². The summed E-state index contributed by atoms with van der Waals surface area (Å²) in [4.78, 5) is 16.9. The lowest BCUT2D eigenvalue weighted by Crippen LogP contribution is -2.43. The standard InChI is InChI=1S/C25H32N2O3/c1-17-11-20-13-18(2)24(21(12-17)14-20)30-16-23(28)27-25-22(9-6-10-26-25)29-15-19-7-4-3-5-8-19/h3-10,17-18,20-21,24H,11-16H2,1-2H3,(H,26,27,28). The van der Waals surface area contributed by atoms with Crippen LogP contribution in [-0.4, -0.2) is 23.6 Å². The molecule has 5 unspecified atom stereocenters. The zero-order valence-corrected chi connectivity index (χ0v) is 17.9. The molecule has 0 aliphatic heterocycles. The van der Waals surface area contributed by atoms with E-state index >= 15 is 0 Å². The molecule has 5 nitrogen and oxygen atoms in total. The first-order chi connectivity index (χ1) is 14.6. The van der Waals surface area contributed by atoms with E-state index in [0.29, 0.717) is 30.0 Å². The highest BCUT2D eigenvalue weighted by Gasteiger charge is 2.40. The Bertz CT molecular complexity index is 837. The Morgan fingerprint density at radius 2 is 1.90 bits per heavy atom. The van der Waals surface area contributed by atoms with Gasteiger partial charge in [-0.05, 0) is 67.1 Å². The quantitative estimate of drug-likeness (QED) is 0.694. The summed E-state index contributed by atoms with van der Waals surface area (Å²) in [7, 11) is 0. The van der Waals surface area contributed by atoms with Gasteiger partial charge in [0.2, 0.25) is 0 Å². The fourth-order valence-corrected chi connectivity index (χ4v) is 5.36. The van der Waals surface area contributed by atoms with Gasteiger partial charge in [0.05, 0.1) is 6.10 Å². The normalized spacial score (nSPS) is 28.0. The number of aromatic nitrogens is 1. The molecule has 5 heteroatoms. The molecule has 2 aliphatic rings. The second-order valence-electron chi connectivity index (χ2n) is 9.10. The number of nitrogens with one attached hydrogen (secondary N) is 1. The second-order valence-corrected chi connectivity index (χ2v) is 9.10. The Morgan fingerprint density at radius 3 is 2.73 bits per heavy atom. The van der Waals surface area contributed by atoms with E-state index < -0.39 is 0 Å². The lowest BCUT2D eigenvalue weighted by molar-refractivity contribution is -0.130. The van der Waals surface area contributed by atoms with Gasteiger partial charge >= 0.3 is 0 Å². The highest BCUT2D eigenvalue weighted by molar-refractivity contribution is 5.92. The summed E-state index contributed by atoms with van der Waals surface area (Å²) in [5.74, 6) is 3.49. The first-order valence-electron chi connectivity index (χ1n) is 11.1. The smallest absolute Gasteiger partial charge is 0.251 e. The number of ether oxygens (including phenoxy) is 2. The summed E-state index contributed by atoms with van der Waals surface area (Å²) < 4.78 is 12.0. The van der Waals surface area contributed by atoms with Crippen LogP contribution in [0.1, 0.15) is 45.1 Å². The number of carbonyl (C=O) groups is 1. The number of hydrogen-bond acceptors (Lipinski definition) is 4. The number of rotatable bonds is 7. The van der Waals surface area contributed by atoms with Crippen LogP contribution in [0.3, 0.4) is 0 Å². The molecule has 1 aromatic heterocycles. The molecule has 30 heavy (non-hydrogen) atoms. The predicted molar refractivity (Wildman–Crippen MR) is 117 cm³/mol. The topological polar surface area (TPSA) is 60.5 Å². The van der Waals surface area contributed by atoms with Crippen molar-refractivity contribution < 1.29 is 14.3 Å². The Kier molecular flexibility index (Phi) is 6.68. The number of benzene rings is 1. The maximum absolute atomic E-state index is 12.6. The van der Waals surface area contributed by atoms with Crippen LogP contribution in [0.15, 0.2) is 48.7 Å². The number of nitrogens with zero attached hydrogens (tertiary/aromatic N) is 1. The lowest BCUT2D eigenvalue weighted by Gasteiger charge is -2.45.